The van der Waals surface area contributed by atoms with E-state index >= 15 is 0 Å². The monoisotopic (exact) mass is 496 g/mol. The lowest BCUT2D eigenvalue weighted by molar-refractivity contribution is -0.120. The first kappa shape index (κ1) is 22.2. The third-order valence-electron chi connectivity index (χ3n) is 4.76. The zero-order valence-corrected chi connectivity index (χ0v) is 19.1. The minimum atomic E-state index is 0. The van der Waals surface area contributed by atoms with Gasteiger partial charge in [-0.3, -0.25) is 9.48 Å². The van der Waals surface area contributed by atoms with Crippen LogP contribution >= 0.6 is 24.0 Å². The number of aryl methyl sites for hydroxylation is 2. The molecule has 3 rings (SSSR count). The van der Waals surface area contributed by atoms with Crippen molar-refractivity contribution in [1.29, 1.82) is 0 Å². The van der Waals surface area contributed by atoms with Gasteiger partial charge in [0.25, 0.3) is 0 Å². The number of amides is 1. The summed E-state index contributed by atoms with van der Waals surface area (Å²) in [4.78, 5) is 21.3. The number of hydrogen-bond donors (Lipinski definition) is 1. The van der Waals surface area contributed by atoms with Crippen molar-refractivity contribution in [2.75, 3.05) is 31.1 Å². The highest BCUT2D eigenvalue weighted by Gasteiger charge is 2.27. The Labute approximate surface area is 183 Å². The molecule has 152 valence electrons. The molecule has 7 nitrogen and oxygen atoms in total. The molecule has 0 aliphatic carbocycles. The Morgan fingerprint density at radius 1 is 1.21 bits per heavy atom. The van der Waals surface area contributed by atoms with Crippen LogP contribution in [0.2, 0.25) is 0 Å². The Hall–Kier alpha value is -2.10. The standard InChI is InChI=1S/C20H28N6O.HI/c1-4-16-8-6-7-9-17(16)12-22-20(21-5-2)25-10-11-26(19(27)15-25)18-13-23-24(3)14-18;/h6-9,13-14H,4-5,10-12,15H2,1-3H3,(H,21,22);1H. The molecule has 1 fully saturated rings. The first-order valence-electron chi connectivity index (χ1n) is 9.51. The summed E-state index contributed by atoms with van der Waals surface area (Å²) >= 11 is 0. The lowest BCUT2D eigenvalue weighted by Crippen LogP contribution is -2.55. The molecular formula is C20H29IN6O. The number of carbonyl (C=O) groups excluding carboxylic acids is 1. The van der Waals surface area contributed by atoms with Crippen molar-refractivity contribution in [2.45, 2.75) is 26.8 Å². The van der Waals surface area contributed by atoms with Crippen LogP contribution in [-0.4, -0.2) is 52.7 Å². The highest BCUT2D eigenvalue weighted by molar-refractivity contribution is 14.0. The molecule has 28 heavy (non-hydrogen) atoms. The van der Waals surface area contributed by atoms with Crippen molar-refractivity contribution < 1.29 is 4.79 Å². The molecule has 1 saturated heterocycles. The Kier molecular flexibility index (Phi) is 8.28. The molecule has 0 unspecified atom stereocenters. The largest absolute Gasteiger partial charge is 0.356 e. The lowest BCUT2D eigenvalue weighted by atomic mass is 10.1. The summed E-state index contributed by atoms with van der Waals surface area (Å²) in [6.45, 7) is 7.26. The quantitative estimate of drug-likeness (QED) is 0.393. The third-order valence-corrected chi connectivity index (χ3v) is 4.76. The first-order valence-corrected chi connectivity index (χ1v) is 9.51. The molecule has 1 N–H and O–H groups in total. The average Bonchev–Trinajstić information content (AvgIpc) is 3.11. The smallest absolute Gasteiger partial charge is 0.246 e. The molecule has 1 aliphatic heterocycles. The molecule has 0 radical (unpaired) electrons. The Balaban J connectivity index is 0.00000280. The minimum absolute atomic E-state index is 0. The summed E-state index contributed by atoms with van der Waals surface area (Å²) in [6, 6.07) is 8.38. The molecule has 8 heteroatoms. The molecule has 0 spiro atoms. The van der Waals surface area contributed by atoms with Crippen LogP contribution in [0.1, 0.15) is 25.0 Å². The van der Waals surface area contributed by atoms with Gasteiger partial charge in [-0.2, -0.15) is 5.10 Å². The average molecular weight is 496 g/mol. The Morgan fingerprint density at radius 3 is 2.57 bits per heavy atom. The van der Waals surface area contributed by atoms with Crippen LogP contribution in [0.3, 0.4) is 0 Å². The second-order valence-corrected chi connectivity index (χ2v) is 6.63. The van der Waals surface area contributed by atoms with Gasteiger partial charge in [0, 0.05) is 32.9 Å². The van der Waals surface area contributed by atoms with Crippen LogP contribution in [0.25, 0.3) is 0 Å². The van der Waals surface area contributed by atoms with E-state index in [1.54, 1.807) is 15.8 Å². The normalized spacial score (nSPS) is 14.8. The number of nitrogens with zero attached hydrogens (tertiary/aromatic N) is 5. The number of carbonyl (C=O) groups is 1. The number of anilines is 1. The summed E-state index contributed by atoms with van der Waals surface area (Å²) in [6.07, 6.45) is 4.59. The van der Waals surface area contributed by atoms with E-state index < -0.39 is 0 Å². The van der Waals surface area contributed by atoms with Crippen molar-refractivity contribution in [1.82, 2.24) is 20.0 Å². The number of hydrogen-bond acceptors (Lipinski definition) is 3. The zero-order chi connectivity index (χ0) is 19.2. The van der Waals surface area contributed by atoms with Gasteiger partial charge in [-0.15, -0.1) is 24.0 Å². The highest BCUT2D eigenvalue weighted by Crippen LogP contribution is 2.16. The minimum Gasteiger partial charge on any atom is -0.356 e. The van der Waals surface area contributed by atoms with Crippen LogP contribution in [0.4, 0.5) is 5.69 Å². The summed E-state index contributed by atoms with van der Waals surface area (Å²) in [5.41, 5.74) is 3.39. The van der Waals surface area contributed by atoms with Gasteiger partial charge in [0.1, 0.15) is 6.54 Å². The molecule has 2 aromatic rings. The molecule has 0 saturated carbocycles. The topological polar surface area (TPSA) is 65.8 Å². The highest BCUT2D eigenvalue weighted by atomic mass is 127. The Bertz CT molecular complexity index is 819. The number of halogens is 1. The predicted molar refractivity (Wildman–Crippen MR) is 123 cm³/mol. The summed E-state index contributed by atoms with van der Waals surface area (Å²) in [5, 5.41) is 7.49. The van der Waals surface area contributed by atoms with E-state index in [1.807, 2.05) is 31.1 Å². The molecule has 0 bridgehead atoms. The van der Waals surface area contributed by atoms with Crippen LogP contribution in [0.5, 0.6) is 0 Å². The van der Waals surface area contributed by atoms with Crippen molar-refractivity contribution in [2.24, 2.45) is 12.0 Å². The Morgan fingerprint density at radius 2 is 1.96 bits per heavy atom. The molecule has 1 amide bonds. The second-order valence-electron chi connectivity index (χ2n) is 6.63. The van der Waals surface area contributed by atoms with E-state index in [1.165, 1.54) is 11.1 Å². The van der Waals surface area contributed by atoms with Gasteiger partial charge in [0.2, 0.25) is 5.91 Å². The van der Waals surface area contributed by atoms with Gasteiger partial charge >= 0.3 is 0 Å². The number of nitrogens with one attached hydrogen (secondary N) is 1. The molecule has 1 aromatic heterocycles. The number of rotatable bonds is 5. The number of guanidine groups is 1. The van der Waals surface area contributed by atoms with E-state index in [9.17, 15) is 4.79 Å². The molecule has 1 aliphatic rings. The second kappa shape index (κ2) is 10.4. The van der Waals surface area contributed by atoms with Crippen LogP contribution < -0.4 is 10.2 Å². The van der Waals surface area contributed by atoms with Gasteiger partial charge < -0.3 is 15.1 Å². The van der Waals surface area contributed by atoms with E-state index in [4.69, 9.17) is 4.99 Å². The summed E-state index contributed by atoms with van der Waals surface area (Å²) in [5.74, 6) is 0.858. The summed E-state index contributed by atoms with van der Waals surface area (Å²) < 4.78 is 1.71. The molecular weight excluding hydrogens is 467 g/mol. The first-order chi connectivity index (χ1) is 13.1. The lowest BCUT2D eigenvalue weighted by Gasteiger charge is -2.35. The van der Waals surface area contributed by atoms with E-state index in [0.717, 1.165) is 31.2 Å². The number of benzene rings is 1. The molecule has 2 heterocycles. The van der Waals surface area contributed by atoms with E-state index in [-0.39, 0.29) is 29.9 Å². The number of aromatic nitrogens is 2. The van der Waals surface area contributed by atoms with Crippen molar-refractivity contribution in [3.8, 4) is 0 Å². The number of aliphatic imine (C=N–C) groups is 1. The fourth-order valence-corrected chi connectivity index (χ4v) is 3.32. The fourth-order valence-electron chi connectivity index (χ4n) is 3.32. The maximum absolute atomic E-state index is 12.7. The van der Waals surface area contributed by atoms with E-state index in [0.29, 0.717) is 19.6 Å². The van der Waals surface area contributed by atoms with Crippen LogP contribution in [0.15, 0.2) is 41.7 Å². The van der Waals surface area contributed by atoms with Gasteiger partial charge in [-0.1, -0.05) is 31.2 Å². The van der Waals surface area contributed by atoms with Gasteiger partial charge in [0.15, 0.2) is 5.96 Å². The third kappa shape index (κ3) is 5.24. The summed E-state index contributed by atoms with van der Waals surface area (Å²) in [7, 11) is 1.86. The number of piperazine rings is 1. The van der Waals surface area contributed by atoms with Crippen molar-refractivity contribution in [3.63, 3.8) is 0 Å². The zero-order valence-electron chi connectivity index (χ0n) is 16.8. The molecule has 1 aromatic carbocycles. The van der Waals surface area contributed by atoms with Gasteiger partial charge in [0.05, 0.1) is 18.4 Å². The van der Waals surface area contributed by atoms with Crippen LogP contribution in [-0.2, 0) is 24.8 Å². The maximum Gasteiger partial charge on any atom is 0.246 e. The SMILES string of the molecule is CCNC(=NCc1ccccc1CC)N1CCN(c2cnn(C)c2)C(=O)C1.I. The van der Waals surface area contributed by atoms with Crippen LogP contribution in [0, 0.1) is 0 Å². The van der Waals surface area contributed by atoms with E-state index in [2.05, 4.69) is 35.5 Å². The van der Waals surface area contributed by atoms with Gasteiger partial charge in [-0.05, 0) is 24.5 Å². The maximum atomic E-state index is 12.7. The van der Waals surface area contributed by atoms with Gasteiger partial charge in [-0.25, -0.2) is 4.99 Å². The predicted octanol–water partition coefficient (Wildman–Crippen LogP) is 2.41. The van der Waals surface area contributed by atoms with Crippen molar-refractivity contribution in [3.05, 3.63) is 47.8 Å². The molecule has 0 atom stereocenters. The van der Waals surface area contributed by atoms with Crippen molar-refractivity contribution >= 4 is 41.5 Å². The fraction of sp³-hybridized carbons (Fsp3) is 0.450.